The fourth-order valence-corrected chi connectivity index (χ4v) is 5.04. The molecule has 8 heteroatoms. The van der Waals surface area contributed by atoms with Crippen LogP contribution in [0, 0.1) is 0 Å². The predicted octanol–water partition coefficient (Wildman–Crippen LogP) is 4.29. The topological polar surface area (TPSA) is 139 Å². The molecule has 4 aromatic rings. The van der Waals surface area contributed by atoms with Crippen molar-refractivity contribution in [2.24, 2.45) is 5.73 Å². The molecule has 0 saturated carbocycles. The number of benzene rings is 4. The number of carboxylic acid groups (broad SMARTS) is 1. The molecule has 0 aliphatic rings. The zero-order valence-electron chi connectivity index (χ0n) is 21.2. The number of primary amides is 1. The Kier molecular flexibility index (Phi) is 8.27. The van der Waals surface area contributed by atoms with E-state index in [2.05, 4.69) is 5.32 Å². The van der Waals surface area contributed by atoms with E-state index in [-0.39, 0.29) is 13.0 Å². The van der Waals surface area contributed by atoms with Crippen molar-refractivity contribution in [3.63, 3.8) is 0 Å². The number of carbonyl (C=O) groups excluding carboxylic acids is 2. The Bertz CT molecular complexity index is 1440. The molecule has 0 heterocycles. The molecule has 0 aromatic heterocycles. The normalized spacial score (nSPS) is 14.1. The molecule has 0 fully saturated rings. The highest BCUT2D eigenvalue weighted by atomic mass is 16.5. The molecule has 39 heavy (non-hydrogen) atoms. The molecule has 0 radical (unpaired) electrons. The van der Waals surface area contributed by atoms with Crippen molar-refractivity contribution in [2.75, 3.05) is 0 Å². The number of fused-ring (bicyclic) bond motifs is 1. The minimum Gasteiger partial charge on any atom is -0.481 e. The zero-order chi connectivity index (χ0) is 27.9. The van der Waals surface area contributed by atoms with Gasteiger partial charge in [0.1, 0.15) is 6.61 Å². The highest BCUT2D eigenvalue weighted by Gasteiger charge is 2.49. The fraction of sp³-hybridized carbons (Fsp3) is 0.194. The lowest BCUT2D eigenvalue weighted by atomic mass is 9.73. The summed E-state index contributed by atoms with van der Waals surface area (Å²) >= 11 is 0. The van der Waals surface area contributed by atoms with Gasteiger partial charge in [-0.2, -0.15) is 0 Å². The van der Waals surface area contributed by atoms with Gasteiger partial charge in [0.15, 0.2) is 5.60 Å². The highest BCUT2D eigenvalue weighted by Crippen LogP contribution is 2.40. The number of urea groups is 1. The smallest absolute Gasteiger partial charge is 0.338 e. The number of rotatable bonds is 11. The second kappa shape index (κ2) is 11.8. The van der Waals surface area contributed by atoms with Gasteiger partial charge in [0, 0.05) is 12.8 Å². The van der Waals surface area contributed by atoms with Gasteiger partial charge >= 0.3 is 18.0 Å². The van der Waals surface area contributed by atoms with Crippen LogP contribution in [-0.2, 0) is 32.9 Å². The van der Waals surface area contributed by atoms with E-state index in [0.29, 0.717) is 22.1 Å². The monoisotopic (exact) mass is 526 g/mol. The maximum Gasteiger partial charge on any atom is 0.338 e. The summed E-state index contributed by atoms with van der Waals surface area (Å²) in [5, 5.41) is 26.1. The molecular formula is C31H30N2O6. The molecule has 4 aromatic carbocycles. The third-order valence-electron chi connectivity index (χ3n) is 6.65. The molecule has 5 N–H and O–H groups in total. The molecule has 200 valence electrons. The van der Waals surface area contributed by atoms with Gasteiger partial charge in [-0.3, -0.25) is 4.79 Å². The molecule has 2 amide bonds. The van der Waals surface area contributed by atoms with Crippen LogP contribution in [0.4, 0.5) is 4.79 Å². The van der Waals surface area contributed by atoms with Crippen molar-refractivity contribution in [3.05, 3.63) is 120 Å². The van der Waals surface area contributed by atoms with Crippen molar-refractivity contribution >= 4 is 28.7 Å². The van der Waals surface area contributed by atoms with Crippen LogP contribution in [0.1, 0.15) is 29.5 Å². The summed E-state index contributed by atoms with van der Waals surface area (Å²) in [6, 6.07) is 29.3. The van der Waals surface area contributed by atoms with E-state index in [4.69, 9.17) is 10.5 Å². The Morgan fingerprint density at radius 2 is 1.38 bits per heavy atom. The lowest BCUT2D eigenvalue weighted by molar-refractivity contribution is -0.170. The van der Waals surface area contributed by atoms with Crippen molar-refractivity contribution in [3.8, 4) is 0 Å². The Labute approximate surface area is 226 Å². The third kappa shape index (κ3) is 6.61. The van der Waals surface area contributed by atoms with Gasteiger partial charge in [0.05, 0.1) is 12.0 Å². The van der Waals surface area contributed by atoms with E-state index >= 15 is 0 Å². The van der Waals surface area contributed by atoms with Crippen LogP contribution in [0.2, 0.25) is 0 Å². The second-order valence-electron chi connectivity index (χ2n) is 9.60. The molecule has 4 rings (SSSR count). The first kappa shape index (κ1) is 27.3. The lowest BCUT2D eigenvalue weighted by Crippen LogP contribution is -2.57. The number of hydrogen-bond donors (Lipinski definition) is 4. The number of amides is 2. The minimum absolute atomic E-state index is 0.0970. The van der Waals surface area contributed by atoms with Gasteiger partial charge in [0.25, 0.3) is 0 Å². The third-order valence-corrected chi connectivity index (χ3v) is 6.65. The van der Waals surface area contributed by atoms with E-state index < -0.39 is 42.0 Å². The van der Waals surface area contributed by atoms with Gasteiger partial charge in [-0.05, 0) is 27.5 Å². The molecule has 1 unspecified atom stereocenters. The Balaban J connectivity index is 1.83. The molecule has 0 bridgehead atoms. The Morgan fingerprint density at radius 1 is 0.795 bits per heavy atom. The average Bonchev–Trinajstić information content (AvgIpc) is 2.91. The van der Waals surface area contributed by atoms with Crippen LogP contribution in [0.5, 0.6) is 0 Å². The molecule has 0 aliphatic heterocycles. The molecule has 0 aliphatic carbocycles. The Morgan fingerprint density at radius 3 is 2.03 bits per heavy atom. The van der Waals surface area contributed by atoms with E-state index in [1.807, 2.05) is 24.3 Å². The van der Waals surface area contributed by atoms with E-state index in [9.17, 15) is 24.6 Å². The molecule has 8 nitrogen and oxygen atoms in total. The van der Waals surface area contributed by atoms with Gasteiger partial charge in [-0.15, -0.1) is 0 Å². The summed E-state index contributed by atoms with van der Waals surface area (Å²) in [6.07, 6.45) is -1.34. The number of nitrogens with two attached hydrogens (primary N) is 1. The molecule has 0 spiro atoms. The first-order valence-electron chi connectivity index (χ1n) is 12.5. The zero-order valence-corrected chi connectivity index (χ0v) is 21.2. The summed E-state index contributed by atoms with van der Waals surface area (Å²) < 4.78 is 5.56. The number of carboxylic acids is 1. The maximum absolute atomic E-state index is 13.6. The van der Waals surface area contributed by atoms with Crippen molar-refractivity contribution in [2.45, 2.75) is 37.0 Å². The van der Waals surface area contributed by atoms with E-state index in [0.717, 1.165) is 5.39 Å². The van der Waals surface area contributed by atoms with Crippen molar-refractivity contribution < 1.29 is 29.3 Å². The summed E-state index contributed by atoms with van der Waals surface area (Å²) in [4.78, 5) is 38.2. The number of esters is 1. The van der Waals surface area contributed by atoms with E-state index in [1.54, 1.807) is 78.9 Å². The van der Waals surface area contributed by atoms with Crippen LogP contribution < -0.4 is 11.1 Å². The number of aliphatic hydroxyl groups is 1. The quantitative estimate of drug-likeness (QED) is 0.215. The van der Waals surface area contributed by atoms with Crippen LogP contribution in [0.3, 0.4) is 0 Å². The molecule has 2 atom stereocenters. The number of nitrogens with one attached hydrogen (secondary N) is 1. The summed E-state index contributed by atoms with van der Waals surface area (Å²) in [5.41, 5.74) is 3.34. The molecule has 0 saturated heterocycles. The summed E-state index contributed by atoms with van der Waals surface area (Å²) in [5.74, 6) is -2.20. The second-order valence-corrected chi connectivity index (χ2v) is 9.60. The number of hydrogen-bond acceptors (Lipinski definition) is 5. The summed E-state index contributed by atoms with van der Waals surface area (Å²) in [6.45, 7) is -0.0970. The van der Waals surface area contributed by atoms with Crippen LogP contribution in [0.15, 0.2) is 103 Å². The van der Waals surface area contributed by atoms with Gasteiger partial charge in [0.2, 0.25) is 0 Å². The highest BCUT2D eigenvalue weighted by molar-refractivity contribution is 5.89. The maximum atomic E-state index is 13.6. The SMILES string of the molecule is NC(=O)NC(CC(=O)O)(C[C@@](O)(Cc1ccccc1)C(=O)OCc1ccccc1)c1cccc2ccccc12. The largest absolute Gasteiger partial charge is 0.481 e. The van der Waals surface area contributed by atoms with Crippen LogP contribution in [-0.4, -0.2) is 33.8 Å². The van der Waals surface area contributed by atoms with Crippen molar-refractivity contribution in [1.82, 2.24) is 5.32 Å². The molecular weight excluding hydrogens is 496 g/mol. The average molecular weight is 527 g/mol. The van der Waals surface area contributed by atoms with Gasteiger partial charge < -0.3 is 26.0 Å². The van der Waals surface area contributed by atoms with E-state index in [1.165, 1.54) is 0 Å². The van der Waals surface area contributed by atoms with Crippen LogP contribution in [0.25, 0.3) is 10.8 Å². The minimum atomic E-state index is -2.23. The number of ether oxygens (including phenoxy) is 1. The standard InChI is InChI=1S/C31H30N2O6/c32-29(37)33-30(19-27(34)35,26-17-9-15-24-14-7-8-16-25(24)26)21-31(38,18-22-10-3-1-4-11-22)28(36)39-20-23-12-5-2-6-13-23/h1-17,38H,18-21H2,(H,34,35)(H3,32,33,37)/t30?,31-/m0/s1. The van der Waals surface area contributed by atoms with Crippen molar-refractivity contribution in [1.29, 1.82) is 0 Å². The number of aliphatic carboxylic acids is 1. The summed E-state index contributed by atoms with van der Waals surface area (Å²) in [7, 11) is 0. The number of carbonyl (C=O) groups is 3. The predicted molar refractivity (Wildman–Crippen MR) is 147 cm³/mol. The first-order valence-corrected chi connectivity index (χ1v) is 12.5. The van der Waals surface area contributed by atoms with Gasteiger partial charge in [-0.1, -0.05) is 103 Å². The fourth-order valence-electron chi connectivity index (χ4n) is 5.04. The first-order chi connectivity index (χ1) is 18.7. The van der Waals surface area contributed by atoms with Gasteiger partial charge in [-0.25, -0.2) is 9.59 Å². The lowest BCUT2D eigenvalue weighted by Gasteiger charge is -2.40. The Hall–Kier alpha value is -4.69. The van der Waals surface area contributed by atoms with Crippen LogP contribution >= 0.6 is 0 Å².